The standard InChI is InChI=1S/C28H25NO5/c1-29-26-20(17-11-12-22(31-2)27(34-5)25(17)28(29)30)13-18(16-9-7-6-8-10-16)19-14-23(32-3)24(33-4)15-21(19)26/h6-15H,1-5H3. The number of hydrogen-bond acceptors (Lipinski definition) is 5. The fourth-order valence-electron chi connectivity index (χ4n) is 4.79. The zero-order chi connectivity index (χ0) is 24.0. The predicted molar refractivity (Wildman–Crippen MR) is 136 cm³/mol. The third kappa shape index (κ3) is 3.06. The molecule has 0 saturated carbocycles. The molecule has 0 N–H and O–H groups in total. The molecule has 0 bridgehead atoms. The summed E-state index contributed by atoms with van der Waals surface area (Å²) in [4.78, 5) is 13.6. The first-order chi connectivity index (χ1) is 16.5. The summed E-state index contributed by atoms with van der Waals surface area (Å²) in [5.74, 6) is 2.17. The molecule has 1 heterocycles. The highest BCUT2D eigenvalue weighted by atomic mass is 16.5. The van der Waals surface area contributed by atoms with E-state index in [9.17, 15) is 4.79 Å². The van der Waals surface area contributed by atoms with E-state index in [0.29, 0.717) is 28.4 Å². The lowest BCUT2D eigenvalue weighted by atomic mass is 9.92. The molecule has 0 aliphatic heterocycles. The summed E-state index contributed by atoms with van der Waals surface area (Å²) >= 11 is 0. The zero-order valence-corrected chi connectivity index (χ0v) is 19.8. The molecule has 0 aliphatic carbocycles. The fraction of sp³-hybridized carbons (Fsp3) is 0.179. The van der Waals surface area contributed by atoms with Crippen molar-refractivity contribution in [3.05, 3.63) is 71.0 Å². The number of methoxy groups -OCH3 is 4. The molecule has 6 heteroatoms. The van der Waals surface area contributed by atoms with E-state index in [4.69, 9.17) is 18.9 Å². The van der Waals surface area contributed by atoms with Crippen LogP contribution in [0.25, 0.3) is 43.6 Å². The minimum atomic E-state index is -0.165. The number of aryl methyl sites for hydroxylation is 1. The molecule has 0 atom stereocenters. The van der Waals surface area contributed by atoms with Gasteiger partial charge in [-0.3, -0.25) is 4.79 Å². The molecule has 0 aliphatic rings. The van der Waals surface area contributed by atoms with Crippen LogP contribution in [-0.4, -0.2) is 33.0 Å². The van der Waals surface area contributed by atoms with Crippen molar-refractivity contribution < 1.29 is 18.9 Å². The molecule has 34 heavy (non-hydrogen) atoms. The Morgan fingerprint density at radius 1 is 0.647 bits per heavy atom. The van der Waals surface area contributed by atoms with Gasteiger partial charge < -0.3 is 23.5 Å². The lowest BCUT2D eigenvalue weighted by molar-refractivity contribution is 0.356. The molecule has 0 saturated heterocycles. The quantitative estimate of drug-likeness (QED) is 0.326. The maximum absolute atomic E-state index is 13.6. The monoisotopic (exact) mass is 455 g/mol. The Morgan fingerprint density at radius 2 is 1.26 bits per heavy atom. The third-order valence-corrected chi connectivity index (χ3v) is 6.39. The minimum Gasteiger partial charge on any atom is -0.493 e. The van der Waals surface area contributed by atoms with E-state index in [-0.39, 0.29) is 5.56 Å². The van der Waals surface area contributed by atoms with Crippen LogP contribution >= 0.6 is 0 Å². The molecular weight excluding hydrogens is 430 g/mol. The van der Waals surface area contributed by atoms with Crippen molar-refractivity contribution in [1.82, 2.24) is 4.57 Å². The number of nitrogens with zero attached hydrogens (tertiary/aromatic N) is 1. The SMILES string of the molecule is COc1cc2c(-c3ccccc3)cc3c4ccc(OC)c(OC)c4c(=O)n(C)c3c2cc1OC. The van der Waals surface area contributed by atoms with Crippen LogP contribution in [-0.2, 0) is 7.05 Å². The maximum atomic E-state index is 13.6. The fourth-order valence-corrected chi connectivity index (χ4v) is 4.79. The summed E-state index contributed by atoms with van der Waals surface area (Å²) in [5, 5.41) is 4.06. The van der Waals surface area contributed by atoms with Crippen molar-refractivity contribution in [2.75, 3.05) is 28.4 Å². The second-order valence-electron chi connectivity index (χ2n) is 8.03. The Morgan fingerprint density at radius 3 is 1.88 bits per heavy atom. The number of fused-ring (bicyclic) bond motifs is 5. The molecule has 0 amide bonds. The Labute approximate surface area is 196 Å². The highest BCUT2D eigenvalue weighted by Gasteiger charge is 2.21. The first-order valence-corrected chi connectivity index (χ1v) is 10.9. The van der Waals surface area contributed by atoms with Gasteiger partial charge in [0.25, 0.3) is 5.56 Å². The zero-order valence-electron chi connectivity index (χ0n) is 19.8. The van der Waals surface area contributed by atoms with Crippen molar-refractivity contribution in [1.29, 1.82) is 0 Å². The van der Waals surface area contributed by atoms with Gasteiger partial charge in [-0.1, -0.05) is 30.3 Å². The lowest BCUT2D eigenvalue weighted by Crippen LogP contribution is -2.18. The Kier molecular flexibility index (Phi) is 5.28. The van der Waals surface area contributed by atoms with Crippen molar-refractivity contribution in [2.45, 2.75) is 0 Å². The van der Waals surface area contributed by atoms with Gasteiger partial charge in [0.2, 0.25) is 0 Å². The molecule has 4 aromatic carbocycles. The molecule has 0 radical (unpaired) electrons. The number of pyridine rings is 1. The highest BCUT2D eigenvalue weighted by molar-refractivity contribution is 6.20. The summed E-state index contributed by atoms with van der Waals surface area (Å²) in [6.07, 6.45) is 0. The van der Waals surface area contributed by atoms with E-state index in [2.05, 4.69) is 18.2 Å². The topological polar surface area (TPSA) is 58.9 Å². The number of ether oxygens (including phenoxy) is 4. The van der Waals surface area contributed by atoms with Gasteiger partial charge in [-0.05, 0) is 46.8 Å². The first kappa shape index (κ1) is 21.6. The van der Waals surface area contributed by atoms with E-state index in [1.54, 1.807) is 40.1 Å². The Balaban J connectivity index is 2.08. The van der Waals surface area contributed by atoms with E-state index >= 15 is 0 Å². The Bertz CT molecular complexity index is 1620. The average Bonchev–Trinajstić information content (AvgIpc) is 2.89. The van der Waals surface area contributed by atoms with Crippen LogP contribution in [0, 0.1) is 0 Å². The number of rotatable bonds is 5. The van der Waals surface area contributed by atoms with Gasteiger partial charge in [-0.2, -0.15) is 0 Å². The average molecular weight is 456 g/mol. The van der Waals surface area contributed by atoms with Crippen LogP contribution in [0.4, 0.5) is 0 Å². The predicted octanol–water partition coefficient (Wildman–Crippen LogP) is 5.55. The van der Waals surface area contributed by atoms with Gasteiger partial charge in [0.1, 0.15) is 0 Å². The maximum Gasteiger partial charge on any atom is 0.262 e. The highest BCUT2D eigenvalue weighted by Crippen LogP contribution is 2.43. The van der Waals surface area contributed by atoms with Gasteiger partial charge in [-0.25, -0.2) is 0 Å². The number of benzene rings is 4. The molecule has 172 valence electrons. The van der Waals surface area contributed by atoms with Crippen molar-refractivity contribution in [2.24, 2.45) is 7.05 Å². The smallest absolute Gasteiger partial charge is 0.262 e. The van der Waals surface area contributed by atoms with E-state index in [0.717, 1.165) is 38.2 Å². The number of hydrogen-bond donors (Lipinski definition) is 0. The molecule has 0 spiro atoms. The summed E-state index contributed by atoms with van der Waals surface area (Å²) < 4.78 is 24.0. The minimum absolute atomic E-state index is 0.165. The molecule has 1 aromatic heterocycles. The molecule has 5 rings (SSSR count). The largest absolute Gasteiger partial charge is 0.493 e. The van der Waals surface area contributed by atoms with Crippen molar-refractivity contribution in [3.63, 3.8) is 0 Å². The molecular formula is C28H25NO5. The van der Waals surface area contributed by atoms with Crippen LogP contribution in [0.5, 0.6) is 23.0 Å². The van der Waals surface area contributed by atoms with Gasteiger partial charge in [0, 0.05) is 23.2 Å². The van der Waals surface area contributed by atoms with E-state index in [1.165, 1.54) is 0 Å². The summed E-state index contributed by atoms with van der Waals surface area (Å²) in [7, 11) is 8.12. The van der Waals surface area contributed by atoms with Gasteiger partial charge in [0.05, 0.1) is 39.3 Å². The molecule has 6 nitrogen and oxygen atoms in total. The summed E-state index contributed by atoms with van der Waals surface area (Å²) in [5.41, 5.74) is 2.73. The van der Waals surface area contributed by atoms with Gasteiger partial charge in [0.15, 0.2) is 23.0 Å². The van der Waals surface area contributed by atoms with Crippen LogP contribution in [0.3, 0.4) is 0 Å². The van der Waals surface area contributed by atoms with Crippen molar-refractivity contribution >= 4 is 32.4 Å². The van der Waals surface area contributed by atoms with Gasteiger partial charge in [-0.15, -0.1) is 0 Å². The third-order valence-electron chi connectivity index (χ3n) is 6.39. The lowest BCUT2D eigenvalue weighted by Gasteiger charge is -2.19. The molecule has 0 unspecified atom stereocenters. The Hall–Kier alpha value is -4.19. The van der Waals surface area contributed by atoms with E-state index < -0.39 is 0 Å². The van der Waals surface area contributed by atoms with Crippen LogP contribution in [0.1, 0.15) is 0 Å². The van der Waals surface area contributed by atoms with E-state index in [1.807, 2.05) is 42.5 Å². The summed E-state index contributed by atoms with van der Waals surface area (Å²) in [6.45, 7) is 0. The molecule has 0 fully saturated rings. The van der Waals surface area contributed by atoms with Crippen molar-refractivity contribution in [3.8, 4) is 34.1 Å². The normalized spacial score (nSPS) is 11.2. The second kappa shape index (κ2) is 8.30. The molecule has 5 aromatic rings. The summed E-state index contributed by atoms with van der Waals surface area (Å²) in [6, 6.07) is 20.0. The van der Waals surface area contributed by atoms with Crippen LogP contribution in [0.15, 0.2) is 65.5 Å². The number of aromatic nitrogens is 1. The van der Waals surface area contributed by atoms with Crippen LogP contribution in [0.2, 0.25) is 0 Å². The second-order valence-corrected chi connectivity index (χ2v) is 8.03. The first-order valence-electron chi connectivity index (χ1n) is 10.9. The van der Waals surface area contributed by atoms with Crippen LogP contribution < -0.4 is 24.5 Å². The van der Waals surface area contributed by atoms with Gasteiger partial charge >= 0.3 is 0 Å².